The van der Waals surface area contributed by atoms with Crippen LogP contribution in [0.3, 0.4) is 0 Å². The molecule has 0 unspecified atom stereocenters. The quantitative estimate of drug-likeness (QED) is 0.194. The predicted octanol–water partition coefficient (Wildman–Crippen LogP) is 0.531. The van der Waals surface area contributed by atoms with Crippen LogP contribution in [0, 0.1) is 32.3 Å². The fraction of sp³-hybridized carbons (Fsp3) is 0.286. The highest BCUT2D eigenvalue weighted by Gasteiger charge is 2.10. The number of aryl methyl sites for hydroxylation is 3. The average Bonchev–Trinajstić information content (AvgIpc) is 3.03. The highest BCUT2D eigenvalue weighted by Crippen LogP contribution is 2.15. The first-order valence-corrected chi connectivity index (χ1v) is 10.4. The Labute approximate surface area is 179 Å². The van der Waals surface area contributed by atoms with Crippen molar-refractivity contribution in [2.75, 3.05) is 0 Å². The third kappa shape index (κ3) is 6.71. The predicted molar refractivity (Wildman–Crippen MR) is 112 cm³/mol. The van der Waals surface area contributed by atoms with Crippen molar-refractivity contribution in [1.82, 2.24) is 24.8 Å². The van der Waals surface area contributed by atoms with Gasteiger partial charge >= 0.3 is 10.4 Å². The van der Waals surface area contributed by atoms with E-state index in [9.17, 15) is 18.0 Å². The minimum Gasteiger partial charge on any atom is -0.365 e. The van der Waals surface area contributed by atoms with E-state index < -0.39 is 16.3 Å². The van der Waals surface area contributed by atoms with E-state index in [0.29, 0.717) is 20.4 Å². The number of amides is 1. The minimum atomic E-state index is -4.38. The molecular weight excluding hydrogens is 458 g/mol. The number of carbonyl (C=O) groups is 1. The largest absolute Gasteiger partial charge is 0.413 e. The molecule has 3 heterocycles. The Morgan fingerprint density at radius 3 is 2.20 bits per heavy atom. The summed E-state index contributed by atoms with van der Waals surface area (Å²) in [6.07, 6.45) is 0. The smallest absolute Gasteiger partial charge is 0.365 e. The maximum atomic E-state index is 11.2. The Hall–Kier alpha value is -2.63. The number of fused-ring (bicyclic) bond motifs is 1. The van der Waals surface area contributed by atoms with Crippen LogP contribution >= 0.6 is 23.8 Å². The second kappa shape index (κ2) is 10.4. The van der Waals surface area contributed by atoms with Gasteiger partial charge in [0.25, 0.3) is 11.5 Å². The van der Waals surface area contributed by atoms with Crippen LogP contribution in [0.5, 0.6) is 0 Å². The monoisotopic (exact) mass is 477 g/mol. The van der Waals surface area contributed by atoms with Gasteiger partial charge in [-0.05, 0) is 50.4 Å². The van der Waals surface area contributed by atoms with E-state index in [-0.39, 0.29) is 5.56 Å². The van der Waals surface area contributed by atoms with Crippen molar-refractivity contribution in [2.45, 2.75) is 27.7 Å². The molecule has 13 nitrogen and oxygen atoms in total. The summed E-state index contributed by atoms with van der Waals surface area (Å²) in [5, 5.41) is 14.9. The van der Waals surface area contributed by atoms with Crippen molar-refractivity contribution < 1.29 is 22.0 Å². The van der Waals surface area contributed by atoms with E-state index in [1.165, 1.54) is 11.5 Å². The number of rotatable bonds is 2. The zero-order valence-electron chi connectivity index (χ0n) is 16.2. The zero-order chi connectivity index (χ0) is 23.2. The number of hydrogen-bond donors (Lipinski definition) is 5. The highest BCUT2D eigenvalue weighted by atomic mass is 32.3. The van der Waals surface area contributed by atoms with Crippen LogP contribution in [0.4, 0.5) is 0 Å². The summed E-state index contributed by atoms with van der Waals surface area (Å²) in [5.41, 5.74) is 8.63. The molecule has 3 rings (SSSR count). The minimum absolute atomic E-state index is 0.0644. The molecule has 164 valence electrons. The van der Waals surface area contributed by atoms with Crippen LogP contribution in [0.15, 0.2) is 4.79 Å². The summed E-state index contributed by atoms with van der Waals surface area (Å²) in [6.45, 7) is 7.28. The molecule has 7 N–H and O–H groups in total. The molecule has 0 saturated heterocycles. The Balaban J connectivity index is 0.000000240. The third-order valence-corrected chi connectivity index (χ3v) is 5.03. The second-order valence-corrected chi connectivity index (χ2v) is 7.90. The van der Waals surface area contributed by atoms with Gasteiger partial charge in [-0.3, -0.25) is 23.6 Å². The van der Waals surface area contributed by atoms with Crippen LogP contribution in [0.25, 0.3) is 10.2 Å². The molecule has 0 saturated carbocycles. The zero-order valence-corrected chi connectivity index (χ0v) is 18.7. The molecule has 0 bridgehead atoms. The number of H-pyrrole nitrogens is 2. The Bertz CT molecular complexity index is 1280. The van der Waals surface area contributed by atoms with Crippen molar-refractivity contribution in [1.29, 1.82) is 0 Å². The fourth-order valence-corrected chi connectivity index (χ4v) is 3.01. The van der Waals surface area contributed by atoms with E-state index >= 15 is 0 Å². The lowest BCUT2D eigenvalue weighted by molar-refractivity contribution is 0.0998. The molecule has 0 aliphatic carbocycles. The summed E-state index contributed by atoms with van der Waals surface area (Å²) in [7, 11) is -4.38. The van der Waals surface area contributed by atoms with E-state index in [0.717, 1.165) is 22.5 Å². The van der Waals surface area contributed by atoms with E-state index in [1.54, 1.807) is 13.8 Å². The summed E-state index contributed by atoms with van der Waals surface area (Å²) < 4.78 is 31.8. The van der Waals surface area contributed by atoms with Crippen LogP contribution in [-0.2, 0) is 14.7 Å². The van der Waals surface area contributed by atoms with Gasteiger partial charge in [0.15, 0.2) is 4.83 Å². The lowest BCUT2D eigenvalue weighted by atomic mass is 10.1. The molecule has 0 fully saturated rings. The molecule has 1 amide bonds. The third-order valence-electron chi connectivity index (χ3n) is 3.73. The summed E-state index contributed by atoms with van der Waals surface area (Å²) >= 11 is 6.08. The van der Waals surface area contributed by atoms with Crippen LogP contribution < -0.4 is 17.2 Å². The fourth-order valence-electron chi connectivity index (χ4n) is 1.99. The second-order valence-electron chi connectivity index (χ2n) is 5.65. The van der Waals surface area contributed by atoms with Crippen LogP contribution in [-0.4, -0.2) is 43.6 Å². The van der Waals surface area contributed by atoms with Gasteiger partial charge in [0.1, 0.15) is 4.64 Å². The Kier molecular flexibility index (Phi) is 8.82. The number of primary amides is 1. The Morgan fingerprint density at radius 2 is 1.73 bits per heavy atom. The van der Waals surface area contributed by atoms with Gasteiger partial charge in [0, 0.05) is 0 Å². The number of nitrogens with one attached hydrogen (secondary N) is 2. The van der Waals surface area contributed by atoms with Crippen molar-refractivity contribution >= 4 is 50.3 Å². The summed E-state index contributed by atoms with van der Waals surface area (Å²) in [6, 6.07) is 0. The molecular formula is C14H19N7O6S3. The van der Waals surface area contributed by atoms with Gasteiger partial charge < -0.3 is 5.73 Å². The summed E-state index contributed by atoms with van der Waals surface area (Å²) in [5.74, 6) is 3.45. The maximum Gasteiger partial charge on any atom is 0.413 e. The summed E-state index contributed by atoms with van der Waals surface area (Å²) in [4.78, 5) is 22.8. The van der Waals surface area contributed by atoms with Gasteiger partial charge in [-0.1, -0.05) is 12.2 Å². The molecule has 0 atom stereocenters. The van der Waals surface area contributed by atoms with Gasteiger partial charge in [0.05, 0.1) is 22.3 Å². The van der Waals surface area contributed by atoms with E-state index in [1.807, 2.05) is 13.8 Å². The number of carbonyl (C=O) groups excluding carboxylic acids is 1. The molecule has 30 heavy (non-hydrogen) atoms. The number of hydrogen-bond acceptors (Lipinski definition) is 11. The van der Waals surface area contributed by atoms with Gasteiger partial charge in [-0.2, -0.15) is 28.8 Å². The van der Waals surface area contributed by atoms with Gasteiger partial charge in [0.2, 0.25) is 0 Å². The number of nitrogens with two attached hydrogens (primary N) is 2. The van der Waals surface area contributed by atoms with Crippen molar-refractivity contribution in [3.63, 3.8) is 0 Å². The van der Waals surface area contributed by atoms with E-state index in [2.05, 4.69) is 34.9 Å². The first kappa shape index (κ1) is 25.4. The van der Waals surface area contributed by atoms with Crippen molar-refractivity contribution in [3.8, 4) is 0 Å². The lowest BCUT2D eigenvalue weighted by Gasteiger charge is -2.02. The molecule has 3 aromatic rings. The topological polar surface area (TPSA) is 220 Å². The molecule has 16 heteroatoms. The molecule has 0 radical (unpaired) electrons. The molecule has 0 spiro atoms. The normalized spacial score (nSPS) is 10.6. The Morgan fingerprint density at radius 1 is 1.17 bits per heavy atom. The van der Waals surface area contributed by atoms with Crippen LogP contribution in [0.2, 0.25) is 0 Å². The standard InChI is InChI=1S/C7H7N3OS.C7H9N3OS.H3NO4S/c1-3-4(2)8-9-7-5(3)6(11)10-12-7;1-3-4(2)9-10-7(12)5(3)6(8)11;1-5-6(2,3)4/h1-2H3,(H,10,11);1-2H3,(H2,8,11)(H,10,12);1H2,(H,2,3,4). The van der Waals surface area contributed by atoms with Crippen molar-refractivity contribution in [3.05, 3.63) is 43.1 Å². The van der Waals surface area contributed by atoms with Crippen LogP contribution in [0.1, 0.15) is 32.9 Å². The van der Waals surface area contributed by atoms with Crippen molar-refractivity contribution in [2.24, 2.45) is 11.6 Å². The molecule has 3 aromatic heterocycles. The average molecular weight is 478 g/mol. The van der Waals surface area contributed by atoms with Gasteiger partial charge in [-0.25, -0.2) is 0 Å². The van der Waals surface area contributed by atoms with E-state index in [4.69, 9.17) is 22.5 Å². The first-order valence-electron chi connectivity index (χ1n) is 7.82. The number of aromatic nitrogens is 5. The highest BCUT2D eigenvalue weighted by molar-refractivity contribution is 7.80. The number of aromatic amines is 2. The first-order chi connectivity index (χ1) is 13.8. The maximum absolute atomic E-state index is 11.2. The molecule has 0 aliphatic heterocycles. The van der Waals surface area contributed by atoms with Gasteiger partial charge in [-0.15, -0.1) is 5.10 Å². The molecule has 0 aliphatic rings. The SMILES string of the molecule is Cc1n[nH]c(=S)c(C(N)=O)c1C.Cc1nnc2s[nH]c(=O)c2c1C.NOS(=O)(=O)O. The lowest BCUT2D eigenvalue weighted by Crippen LogP contribution is -2.15. The molecule has 0 aromatic carbocycles. The number of nitrogens with zero attached hydrogens (tertiary/aromatic N) is 3.